The van der Waals surface area contributed by atoms with Crippen LogP contribution in [0.1, 0.15) is 46.5 Å². The monoisotopic (exact) mass is 318 g/mol. The van der Waals surface area contributed by atoms with E-state index in [9.17, 15) is 10.2 Å². The molecule has 0 radical (unpaired) electrons. The maximum atomic E-state index is 10.3. The molecule has 0 unspecified atom stereocenters. The summed E-state index contributed by atoms with van der Waals surface area (Å²) in [7, 11) is 0. The summed E-state index contributed by atoms with van der Waals surface area (Å²) in [6.45, 7) is 10.3. The SMILES string of the molecule is C=C1CCC=C(C)CC[C@@H]2C(=CC=CC(C)(C)O)CO[C@H](O)[C@@H]12. The van der Waals surface area contributed by atoms with Crippen LogP contribution in [-0.4, -0.2) is 28.7 Å². The summed E-state index contributed by atoms with van der Waals surface area (Å²) in [6.07, 6.45) is 11.1. The van der Waals surface area contributed by atoms with Crippen molar-refractivity contribution in [3.63, 3.8) is 0 Å². The highest BCUT2D eigenvalue weighted by molar-refractivity contribution is 5.25. The van der Waals surface area contributed by atoms with Gasteiger partial charge < -0.3 is 14.9 Å². The van der Waals surface area contributed by atoms with Gasteiger partial charge in [0, 0.05) is 5.92 Å². The Hall–Kier alpha value is -1.16. The number of rotatable bonds is 2. The lowest BCUT2D eigenvalue weighted by Gasteiger charge is -2.38. The summed E-state index contributed by atoms with van der Waals surface area (Å²) in [5.74, 6) is 0.212. The molecule has 2 aliphatic rings. The molecule has 3 heteroatoms. The average molecular weight is 318 g/mol. The van der Waals surface area contributed by atoms with Crippen LogP contribution in [0.5, 0.6) is 0 Å². The van der Waals surface area contributed by atoms with E-state index in [4.69, 9.17) is 4.74 Å². The molecule has 3 atom stereocenters. The van der Waals surface area contributed by atoms with Crippen molar-refractivity contribution in [2.45, 2.75) is 58.3 Å². The molecular formula is C20H30O3. The molecular weight excluding hydrogens is 288 g/mol. The van der Waals surface area contributed by atoms with Crippen molar-refractivity contribution in [3.8, 4) is 0 Å². The molecule has 0 spiro atoms. The zero-order valence-corrected chi connectivity index (χ0v) is 14.6. The van der Waals surface area contributed by atoms with Crippen molar-refractivity contribution in [1.82, 2.24) is 0 Å². The van der Waals surface area contributed by atoms with E-state index in [0.717, 1.165) is 31.3 Å². The molecule has 0 aromatic rings. The lowest BCUT2D eigenvalue weighted by Crippen LogP contribution is -2.39. The Bertz CT molecular complexity index is 519. The molecule has 1 heterocycles. The maximum Gasteiger partial charge on any atom is 0.162 e. The zero-order valence-electron chi connectivity index (χ0n) is 14.6. The molecule has 1 aliphatic heterocycles. The van der Waals surface area contributed by atoms with Gasteiger partial charge in [-0.25, -0.2) is 0 Å². The molecule has 128 valence electrons. The van der Waals surface area contributed by atoms with Gasteiger partial charge in [-0.1, -0.05) is 42.0 Å². The topological polar surface area (TPSA) is 49.7 Å². The minimum absolute atomic E-state index is 0.0372. The van der Waals surface area contributed by atoms with Crippen molar-refractivity contribution < 1.29 is 14.9 Å². The fourth-order valence-electron chi connectivity index (χ4n) is 3.41. The first-order valence-electron chi connectivity index (χ1n) is 8.51. The Morgan fingerprint density at radius 3 is 2.78 bits per heavy atom. The van der Waals surface area contributed by atoms with Crippen LogP contribution in [0.2, 0.25) is 0 Å². The van der Waals surface area contributed by atoms with Gasteiger partial charge in [0.2, 0.25) is 0 Å². The number of hydrogen-bond donors (Lipinski definition) is 2. The van der Waals surface area contributed by atoms with E-state index in [2.05, 4.69) is 19.6 Å². The van der Waals surface area contributed by atoms with Crippen LogP contribution in [0.4, 0.5) is 0 Å². The standard InChI is InChI=1S/C20H30O3/c1-14-7-5-8-15(2)18-17(11-10-14)16(13-23-19(18)21)9-6-12-20(3,4)22/h6-7,9,12,17-19,21-22H,2,5,8,10-11,13H2,1,3-4H3/t17-,18+,19+/m1/s1. The molecule has 1 saturated heterocycles. The fourth-order valence-corrected chi connectivity index (χ4v) is 3.41. The third-order valence-electron chi connectivity index (χ3n) is 4.73. The van der Waals surface area contributed by atoms with E-state index < -0.39 is 11.9 Å². The molecule has 0 aromatic heterocycles. The van der Waals surface area contributed by atoms with Crippen LogP contribution in [0, 0.1) is 11.8 Å². The first kappa shape index (κ1) is 18.2. The number of allylic oxidation sites excluding steroid dienone is 4. The van der Waals surface area contributed by atoms with Gasteiger partial charge in [0.05, 0.1) is 12.2 Å². The van der Waals surface area contributed by atoms with Crippen molar-refractivity contribution in [2.24, 2.45) is 11.8 Å². The number of aliphatic hydroxyl groups is 2. The Morgan fingerprint density at radius 2 is 2.09 bits per heavy atom. The van der Waals surface area contributed by atoms with E-state index >= 15 is 0 Å². The van der Waals surface area contributed by atoms with Crippen LogP contribution in [0.3, 0.4) is 0 Å². The van der Waals surface area contributed by atoms with E-state index in [1.807, 2.05) is 12.2 Å². The quantitative estimate of drug-likeness (QED) is 0.759. The molecule has 2 N–H and O–H groups in total. The van der Waals surface area contributed by atoms with Crippen molar-refractivity contribution in [3.05, 3.63) is 47.6 Å². The molecule has 23 heavy (non-hydrogen) atoms. The Morgan fingerprint density at radius 1 is 1.35 bits per heavy atom. The van der Waals surface area contributed by atoms with Crippen molar-refractivity contribution >= 4 is 0 Å². The van der Waals surface area contributed by atoms with E-state index in [1.165, 1.54) is 11.1 Å². The second kappa shape index (κ2) is 7.61. The van der Waals surface area contributed by atoms with Gasteiger partial charge in [-0.15, -0.1) is 0 Å². The minimum Gasteiger partial charge on any atom is -0.386 e. The number of ether oxygens (including phenoxy) is 1. The van der Waals surface area contributed by atoms with Crippen molar-refractivity contribution in [2.75, 3.05) is 6.61 Å². The second-order valence-electron chi connectivity index (χ2n) is 7.37. The fraction of sp³-hybridized carbons (Fsp3) is 0.600. The first-order chi connectivity index (χ1) is 10.8. The smallest absolute Gasteiger partial charge is 0.162 e. The normalized spacial score (nSPS) is 32.2. The van der Waals surface area contributed by atoms with Gasteiger partial charge in [-0.05, 0) is 57.9 Å². The van der Waals surface area contributed by atoms with Gasteiger partial charge in [0.25, 0.3) is 0 Å². The van der Waals surface area contributed by atoms with Crippen LogP contribution >= 0.6 is 0 Å². The molecule has 0 amide bonds. The Kier molecular flexibility index (Phi) is 6.01. The van der Waals surface area contributed by atoms with Crippen LogP contribution < -0.4 is 0 Å². The molecule has 0 bridgehead atoms. The highest BCUT2D eigenvalue weighted by Gasteiger charge is 2.37. The number of aliphatic hydroxyl groups excluding tert-OH is 1. The minimum atomic E-state index is -0.827. The van der Waals surface area contributed by atoms with Crippen LogP contribution in [-0.2, 0) is 4.74 Å². The van der Waals surface area contributed by atoms with Crippen molar-refractivity contribution in [1.29, 1.82) is 0 Å². The first-order valence-corrected chi connectivity index (χ1v) is 8.51. The van der Waals surface area contributed by atoms with Gasteiger partial charge in [0.15, 0.2) is 6.29 Å². The molecule has 3 nitrogen and oxygen atoms in total. The molecule has 1 fully saturated rings. The van der Waals surface area contributed by atoms with Crippen LogP contribution in [0.25, 0.3) is 0 Å². The van der Waals surface area contributed by atoms with Crippen LogP contribution in [0.15, 0.2) is 47.6 Å². The third-order valence-corrected chi connectivity index (χ3v) is 4.73. The Labute approximate surface area is 140 Å². The van der Waals surface area contributed by atoms with Gasteiger partial charge >= 0.3 is 0 Å². The number of fused-ring (bicyclic) bond motifs is 1. The lowest BCUT2D eigenvalue weighted by molar-refractivity contribution is -0.149. The Balaban J connectivity index is 2.26. The van der Waals surface area contributed by atoms with Gasteiger partial charge in [0.1, 0.15) is 0 Å². The summed E-state index contributed by atoms with van der Waals surface area (Å²) < 4.78 is 5.59. The molecule has 0 saturated carbocycles. The summed E-state index contributed by atoms with van der Waals surface area (Å²) >= 11 is 0. The molecule has 2 rings (SSSR count). The zero-order chi connectivity index (χ0) is 17.0. The predicted molar refractivity (Wildman–Crippen MR) is 93.8 cm³/mol. The average Bonchev–Trinajstić information content (AvgIpc) is 2.51. The number of hydrogen-bond acceptors (Lipinski definition) is 3. The predicted octanol–water partition coefficient (Wildman–Crippen LogP) is 3.90. The summed E-state index contributed by atoms with van der Waals surface area (Å²) in [5.41, 5.74) is 2.83. The second-order valence-corrected chi connectivity index (χ2v) is 7.37. The highest BCUT2D eigenvalue weighted by atomic mass is 16.6. The highest BCUT2D eigenvalue weighted by Crippen LogP contribution is 2.40. The van der Waals surface area contributed by atoms with Gasteiger partial charge in [-0.2, -0.15) is 0 Å². The third kappa shape index (κ3) is 5.17. The van der Waals surface area contributed by atoms with E-state index in [0.29, 0.717) is 6.61 Å². The lowest BCUT2D eigenvalue weighted by atomic mass is 9.75. The molecule has 0 aromatic carbocycles. The van der Waals surface area contributed by atoms with E-state index in [-0.39, 0.29) is 11.8 Å². The summed E-state index contributed by atoms with van der Waals surface area (Å²) in [5, 5.41) is 20.1. The molecule has 1 aliphatic carbocycles. The summed E-state index contributed by atoms with van der Waals surface area (Å²) in [4.78, 5) is 0. The van der Waals surface area contributed by atoms with Gasteiger partial charge in [-0.3, -0.25) is 0 Å². The largest absolute Gasteiger partial charge is 0.386 e. The van der Waals surface area contributed by atoms with E-state index in [1.54, 1.807) is 19.9 Å². The summed E-state index contributed by atoms with van der Waals surface area (Å²) in [6, 6.07) is 0. The maximum absolute atomic E-state index is 10.3.